The minimum Gasteiger partial charge on any atom is -0.478 e. The van der Waals surface area contributed by atoms with Gasteiger partial charge in [-0.25, -0.2) is 18.0 Å². The Morgan fingerprint density at radius 3 is 2.29 bits per heavy atom. The van der Waals surface area contributed by atoms with Crippen molar-refractivity contribution in [2.45, 2.75) is 6.92 Å². The van der Waals surface area contributed by atoms with Gasteiger partial charge < -0.3 is 15.4 Å². The molecule has 0 atom stereocenters. The molecule has 1 aromatic heterocycles. The molecular weight excluding hydrogens is 289 g/mol. The average Bonchev–Trinajstić information content (AvgIpc) is 2.76. The van der Waals surface area contributed by atoms with Crippen molar-refractivity contribution in [2.75, 3.05) is 5.32 Å². The van der Waals surface area contributed by atoms with Crippen LogP contribution in [0.1, 0.15) is 26.4 Å². The summed E-state index contributed by atoms with van der Waals surface area (Å²) in [7, 11) is 0. The highest BCUT2D eigenvalue weighted by Crippen LogP contribution is 2.21. The molecule has 0 saturated heterocycles. The third kappa shape index (κ3) is 2.73. The maximum absolute atomic E-state index is 13.1. The zero-order valence-electron chi connectivity index (χ0n) is 10.6. The van der Waals surface area contributed by atoms with Crippen molar-refractivity contribution in [2.24, 2.45) is 0 Å². The molecule has 1 amide bonds. The van der Waals surface area contributed by atoms with E-state index in [2.05, 4.69) is 10.3 Å². The number of H-pyrrole nitrogens is 1. The summed E-state index contributed by atoms with van der Waals surface area (Å²) in [4.78, 5) is 25.5. The molecule has 2 aromatic rings. The Bertz CT molecular complexity index is 717. The van der Waals surface area contributed by atoms with Gasteiger partial charge in [-0.15, -0.1) is 0 Å². The molecule has 21 heavy (non-hydrogen) atoms. The van der Waals surface area contributed by atoms with Gasteiger partial charge in [-0.2, -0.15) is 0 Å². The van der Waals surface area contributed by atoms with E-state index < -0.39 is 34.9 Å². The number of amides is 1. The van der Waals surface area contributed by atoms with Crippen LogP contribution in [0.4, 0.5) is 18.9 Å². The maximum atomic E-state index is 13.1. The van der Waals surface area contributed by atoms with Crippen molar-refractivity contribution >= 4 is 17.6 Å². The molecule has 0 aliphatic rings. The topological polar surface area (TPSA) is 82.2 Å². The van der Waals surface area contributed by atoms with Gasteiger partial charge in [0.05, 0.1) is 5.69 Å². The van der Waals surface area contributed by atoms with Gasteiger partial charge >= 0.3 is 5.97 Å². The smallest absolute Gasteiger partial charge is 0.339 e. The van der Waals surface area contributed by atoms with Crippen LogP contribution in [0, 0.1) is 24.4 Å². The number of rotatable bonds is 3. The summed E-state index contributed by atoms with van der Waals surface area (Å²) in [5.41, 5.74) is -0.405. The number of aromatic nitrogens is 1. The first kappa shape index (κ1) is 14.6. The van der Waals surface area contributed by atoms with Crippen molar-refractivity contribution in [3.8, 4) is 0 Å². The summed E-state index contributed by atoms with van der Waals surface area (Å²) in [6.45, 7) is 1.48. The fraction of sp³-hybridized carbons (Fsp3) is 0.0769. The first-order chi connectivity index (χ1) is 9.81. The van der Waals surface area contributed by atoms with Crippen LogP contribution in [0.15, 0.2) is 18.3 Å². The second-order valence-electron chi connectivity index (χ2n) is 4.22. The molecule has 2 rings (SSSR count). The van der Waals surface area contributed by atoms with E-state index in [4.69, 9.17) is 5.11 Å². The Balaban J connectivity index is 2.33. The van der Waals surface area contributed by atoms with E-state index in [-0.39, 0.29) is 11.3 Å². The molecule has 0 aliphatic carbocycles. The Kier molecular flexibility index (Phi) is 3.70. The lowest BCUT2D eigenvalue weighted by Crippen LogP contribution is -2.15. The number of nitrogens with one attached hydrogen (secondary N) is 2. The number of hydrogen-bond acceptors (Lipinski definition) is 2. The number of carboxylic acid groups (broad SMARTS) is 1. The molecule has 5 nitrogen and oxygen atoms in total. The molecule has 3 N–H and O–H groups in total. The molecule has 1 heterocycles. The molecule has 0 aliphatic heterocycles. The first-order valence-electron chi connectivity index (χ1n) is 5.68. The van der Waals surface area contributed by atoms with Crippen molar-refractivity contribution in [1.82, 2.24) is 4.98 Å². The van der Waals surface area contributed by atoms with Gasteiger partial charge in [0, 0.05) is 17.5 Å². The minimum atomic E-state index is -1.68. The number of halogens is 3. The Labute approximate surface area is 116 Å². The van der Waals surface area contributed by atoms with E-state index in [1.54, 1.807) is 0 Å². The average molecular weight is 298 g/mol. The number of aryl methyl sites for hydroxylation is 1. The number of carbonyl (C=O) groups excluding carboxylic acids is 1. The van der Waals surface area contributed by atoms with Crippen LogP contribution in [0.25, 0.3) is 0 Å². The number of benzene rings is 1. The SMILES string of the molecule is Cc1[nH]cc(NC(=O)c2cc(F)c(F)c(F)c2)c1C(=O)O. The van der Waals surface area contributed by atoms with Gasteiger partial charge in [0.2, 0.25) is 0 Å². The predicted octanol–water partition coefficient (Wildman–Crippen LogP) is 2.69. The van der Waals surface area contributed by atoms with Gasteiger partial charge in [0.25, 0.3) is 5.91 Å². The first-order valence-corrected chi connectivity index (χ1v) is 5.68. The van der Waals surface area contributed by atoms with Crippen LogP contribution in [-0.4, -0.2) is 22.0 Å². The number of aromatic carboxylic acids is 1. The summed E-state index contributed by atoms with van der Waals surface area (Å²) >= 11 is 0. The summed E-state index contributed by atoms with van der Waals surface area (Å²) in [6.07, 6.45) is 1.23. The van der Waals surface area contributed by atoms with E-state index in [1.807, 2.05) is 0 Å². The molecular formula is C13H9F3N2O3. The van der Waals surface area contributed by atoms with Crippen molar-refractivity contribution in [3.63, 3.8) is 0 Å². The van der Waals surface area contributed by atoms with E-state index >= 15 is 0 Å². The summed E-state index contributed by atoms with van der Waals surface area (Å²) < 4.78 is 38.9. The van der Waals surface area contributed by atoms with Crippen LogP contribution in [0.3, 0.4) is 0 Å². The highest BCUT2D eigenvalue weighted by molar-refractivity contribution is 6.08. The standard InChI is InChI=1S/C13H9F3N2O3/c1-5-10(13(20)21)9(4-17-5)18-12(19)6-2-7(14)11(16)8(15)3-6/h2-4,17H,1H3,(H,18,19)(H,20,21). The number of anilines is 1. The Hall–Kier alpha value is -2.77. The lowest BCUT2D eigenvalue weighted by atomic mass is 10.1. The summed E-state index contributed by atoms with van der Waals surface area (Å²) in [5, 5.41) is 11.2. The minimum absolute atomic E-state index is 0.0601. The van der Waals surface area contributed by atoms with E-state index in [1.165, 1.54) is 13.1 Å². The molecule has 0 saturated carbocycles. The summed E-state index contributed by atoms with van der Waals surface area (Å²) in [5.74, 6) is -6.95. The Morgan fingerprint density at radius 1 is 1.19 bits per heavy atom. The second kappa shape index (κ2) is 5.31. The number of aromatic amines is 1. The summed E-state index contributed by atoms with van der Waals surface area (Å²) in [6, 6.07) is 1.04. The molecule has 0 unspecified atom stereocenters. The molecule has 0 bridgehead atoms. The molecule has 1 aromatic carbocycles. The molecule has 110 valence electrons. The van der Waals surface area contributed by atoms with Crippen LogP contribution in [0.5, 0.6) is 0 Å². The third-order valence-electron chi connectivity index (χ3n) is 2.79. The van der Waals surface area contributed by atoms with Crippen LogP contribution in [0.2, 0.25) is 0 Å². The number of carboxylic acids is 1. The third-order valence-corrected chi connectivity index (χ3v) is 2.79. The zero-order chi connectivity index (χ0) is 15.7. The van der Waals surface area contributed by atoms with E-state index in [9.17, 15) is 22.8 Å². The van der Waals surface area contributed by atoms with Gasteiger partial charge in [0.15, 0.2) is 17.5 Å². The van der Waals surface area contributed by atoms with Crippen molar-refractivity contribution in [3.05, 3.63) is 52.6 Å². The zero-order valence-corrected chi connectivity index (χ0v) is 10.6. The lowest BCUT2D eigenvalue weighted by molar-refractivity contribution is 0.0697. The maximum Gasteiger partial charge on any atom is 0.339 e. The van der Waals surface area contributed by atoms with Gasteiger partial charge in [-0.05, 0) is 19.1 Å². The molecule has 0 spiro atoms. The van der Waals surface area contributed by atoms with Crippen molar-refractivity contribution < 1.29 is 27.9 Å². The fourth-order valence-electron chi connectivity index (χ4n) is 1.78. The largest absolute Gasteiger partial charge is 0.478 e. The highest BCUT2D eigenvalue weighted by atomic mass is 19.2. The molecule has 8 heteroatoms. The van der Waals surface area contributed by atoms with Crippen molar-refractivity contribution in [1.29, 1.82) is 0 Å². The number of hydrogen-bond donors (Lipinski definition) is 3. The monoisotopic (exact) mass is 298 g/mol. The van der Waals surface area contributed by atoms with Gasteiger partial charge in [-0.3, -0.25) is 4.79 Å². The van der Waals surface area contributed by atoms with Crippen LogP contribution >= 0.6 is 0 Å². The van der Waals surface area contributed by atoms with Gasteiger partial charge in [-0.1, -0.05) is 0 Å². The lowest BCUT2D eigenvalue weighted by Gasteiger charge is -2.06. The van der Waals surface area contributed by atoms with Gasteiger partial charge in [0.1, 0.15) is 5.56 Å². The van der Waals surface area contributed by atoms with E-state index in [0.717, 1.165) is 0 Å². The highest BCUT2D eigenvalue weighted by Gasteiger charge is 2.19. The van der Waals surface area contributed by atoms with Crippen LogP contribution in [-0.2, 0) is 0 Å². The quantitative estimate of drug-likeness (QED) is 0.762. The molecule has 0 radical (unpaired) electrons. The van der Waals surface area contributed by atoms with E-state index in [0.29, 0.717) is 17.8 Å². The van der Waals surface area contributed by atoms with Crippen LogP contribution < -0.4 is 5.32 Å². The Morgan fingerprint density at radius 2 is 1.76 bits per heavy atom. The number of carbonyl (C=O) groups is 2. The fourth-order valence-corrected chi connectivity index (χ4v) is 1.78. The molecule has 0 fully saturated rings. The normalized spacial score (nSPS) is 10.5. The second-order valence-corrected chi connectivity index (χ2v) is 4.22. The predicted molar refractivity (Wildman–Crippen MR) is 66.8 cm³/mol.